The molecule has 166 valence electrons. The summed E-state index contributed by atoms with van der Waals surface area (Å²) in [5.74, 6) is 0.286. The van der Waals surface area contributed by atoms with Crippen LogP contribution >= 0.6 is 0 Å². The summed E-state index contributed by atoms with van der Waals surface area (Å²) in [6, 6.07) is 26.8. The summed E-state index contributed by atoms with van der Waals surface area (Å²) in [6.07, 6.45) is 3.93. The second-order valence-corrected chi connectivity index (χ2v) is 8.57. The van der Waals surface area contributed by atoms with Crippen LogP contribution in [0.3, 0.4) is 0 Å². The molecule has 0 heterocycles. The summed E-state index contributed by atoms with van der Waals surface area (Å²) < 4.78 is 12.1. The van der Waals surface area contributed by atoms with Gasteiger partial charge in [0.05, 0.1) is 6.10 Å². The van der Waals surface area contributed by atoms with Crippen LogP contribution in [-0.2, 0) is 22.4 Å². The number of benzene rings is 3. The van der Waals surface area contributed by atoms with Gasteiger partial charge < -0.3 is 14.6 Å². The highest BCUT2D eigenvalue weighted by molar-refractivity contribution is 5.68. The van der Waals surface area contributed by atoms with Gasteiger partial charge in [0.25, 0.3) is 0 Å². The number of carboxylic acid groups (broad SMARTS) is 1. The van der Waals surface area contributed by atoms with Gasteiger partial charge in [0.2, 0.25) is 0 Å². The van der Waals surface area contributed by atoms with Crippen LogP contribution in [-0.4, -0.2) is 23.8 Å². The Bertz CT molecular complexity index is 977. The van der Waals surface area contributed by atoms with E-state index in [1.54, 1.807) is 0 Å². The molecular weight excluding hydrogens is 400 g/mol. The van der Waals surface area contributed by atoms with E-state index in [1.807, 2.05) is 24.3 Å². The van der Waals surface area contributed by atoms with Crippen molar-refractivity contribution in [1.29, 1.82) is 0 Å². The van der Waals surface area contributed by atoms with Gasteiger partial charge in [0.1, 0.15) is 11.9 Å². The third-order valence-electron chi connectivity index (χ3n) is 6.13. The second-order valence-electron chi connectivity index (χ2n) is 8.57. The monoisotopic (exact) mass is 430 g/mol. The van der Waals surface area contributed by atoms with Crippen molar-refractivity contribution in [2.45, 2.75) is 44.8 Å². The van der Waals surface area contributed by atoms with E-state index in [9.17, 15) is 4.79 Å². The molecule has 0 aromatic heterocycles. The Kier molecular flexibility index (Phi) is 7.23. The molecule has 2 atom stereocenters. The topological polar surface area (TPSA) is 55.8 Å². The van der Waals surface area contributed by atoms with Gasteiger partial charge in [0, 0.05) is 0 Å². The van der Waals surface area contributed by atoms with Crippen molar-refractivity contribution in [3.8, 4) is 5.75 Å². The fraction of sp³-hybridized carbons (Fsp3) is 0.321. The van der Waals surface area contributed by atoms with E-state index in [-0.39, 0.29) is 18.8 Å². The van der Waals surface area contributed by atoms with Crippen LogP contribution in [0, 0.1) is 5.92 Å². The minimum Gasteiger partial charge on any atom is -0.482 e. The number of hydrogen-bond donors (Lipinski definition) is 1. The summed E-state index contributed by atoms with van der Waals surface area (Å²) in [7, 11) is 0. The lowest BCUT2D eigenvalue weighted by atomic mass is 9.81. The minimum atomic E-state index is -0.950. The number of aliphatic carboxylic acids is 1. The third-order valence-corrected chi connectivity index (χ3v) is 6.13. The van der Waals surface area contributed by atoms with Crippen molar-refractivity contribution in [3.63, 3.8) is 0 Å². The molecule has 2 unspecified atom stereocenters. The summed E-state index contributed by atoms with van der Waals surface area (Å²) in [5, 5.41) is 8.92. The molecule has 1 N–H and O–H groups in total. The molecule has 3 aromatic rings. The van der Waals surface area contributed by atoms with Crippen LogP contribution in [0.2, 0.25) is 0 Å². The van der Waals surface area contributed by atoms with E-state index in [2.05, 4.69) is 61.5 Å². The Hall–Kier alpha value is -3.11. The van der Waals surface area contributed by atoms with E-state index in [0.29, 0.717) is 11.7 Å². The van der Waals surface area contributed by atoms with Crippen molar-refractivity contribution >= 4 is 5.97 Å². The Morgan fingerprint density at radius 3 is 2.25 bits per heavy atom. The molecule has 0 radical (unpaired) electrons. The van der Waals surface area contributed by atoms with Crippen LogP contribution in [0.25, 0.3) is 0 Å². The summed E-state index contributed by atoms with van der Waals surface area (Å²) in [4.78, 5) is 10.9. The van der Waals surface area contributed by atoms with Gasteiger partial charge in [0.15, 0.2) is 6.61 Å². The standard InChI is InChI=1S/C28H30O4/c1-20(32-28(22-9-4-2-5-10-22)23-11-6-3-7-12-23)17-21-15-16-25-24(18-21)13-8-14-26(25)31-19-27(29)30/h2-14,20-21,28H,15-19H2,1H3,(H,29,30). The van der Waals surface area contributed by atoms with Gasteiger partial charge in [-0.3, -0.25) is 0 Å². The van der Waals surface area contributed by atoms with Gasteiger partial charge >= 0.3 is 5.97 Å². The Morgan fingerprint density at radius 2 is 1.62 bits per heavy atom. The molecular formula is C28H30O4. The second kappa shape index (κ2) is 10.5. The van der Waals surface area contributed by atoms with Crippen molar-refractivity contribution in [3.05, 3.63) is 101 Å². The van der Waals surface area contributed by atoms with Gasteiger partial charge in [-0.2, -0.15) is 0 Å². The SMILES string of the molecule is CC(CC1CCc2c(cccc2OCC(=O)O)C1)OC(c1ccccc1)c1ccccc1. The van der Waals surface area contributed by atoms with Crippen molar-refractivity contribution in [1.82, 2.24) is 0 Å². The Labute approximate surface area is 189 Å². The molecule has 3 aromatic carbocycles. The maximum Gasteiger partial charge on any atom is 0.341 e. The zero-order valence-electron chi connectivity index (χ0n) is 18.4. The number of carboxylic acids is 1. The maximum absolute atomic E-state index is 10.9. The lowest BCUT2D eigenvalue weighted by Gasteiger charge is -2.30. The predicted octanol–water partition coefficient (Wildman–Crippen LogP) is 5.84. The van der Waals surface area contributed by atoms with Gasteiger partial charge in [-0.15, -0.1) is 0 Å². The molecule has 0 fully saturated rings. The first-order valence-corrected chi connectivity index (χ1v) is 11.3. The van der Waals surface area contributed by atoms with E-state index in [1.165, 1.54) is 16.7 Å². The number of fused-ring (bicyclic) bond motifs is 1. The molecule has 0 spiro atoms. The van der Waals surface area contributed by atoms with E-state index >= 15 is 0 Å². The fourth-order valence-corrected chi connectivity index (χ4v) is 4.69. The Morgan fingerprint density at radius 1 is 0.969 bits per heavy atom. The minimum absolute atomic E-state index is 0.0840. The lowest BCUT2D eigenvalue weighted by Crippen LogP contribution is -2.23. The molecule has 32 heavy (non-hydrogen) atoms. The highest BCUT2D eigenvalue weighted by atomic mass is 16.5. The Balaban J connectivity index is 1.42. The van der Waals surface area contributed by atoms with Crippen molar-refractivity contribution in [2.75, 3.05) is 6.61 Å². The average molecular weight is 431 g/mol. The van der Waals surface area contributed by atoms with Crippen LogP contribution < -0.4 is 4.74 Å². The van der Waals surface area contributed by atoms with E-state index < -0.39 is 5.97 Å². The summed E-state index contributed by atoms with van der Waals surface area (Å²) in [5.41, 5.74) is 4.75. The van der Waals surface area contributed by atoms with Gasteiger partial charge in [-0.1, -0.05) is 72.8 Å². The first-order valence-electron chi connectivity index (χ1n) is 11.3. The quantitative estimate of drug-likeness (QED) is 0.463. The molecule has 4 rings (SSSR count). The summed E-state index contributed by atoms with van der Waals surface area (Å²) >= 11 is 0. The first-order chi connectivity index (χ1) is 15.6. The van der Waals surface area contributed by atoms with E-state index in [4.69, 9.17) is 14.6 Å². The molecule has 0 saturated carbocycles. The molecule has 0 amide bonds. The number of rotatable bonds is 9. The molecule has 0 bridgehead atoms. The highest BCUT2D eigenvalue weighted by Gasteiger charge is 2.25. The number of hydrogen-bond acceptors (Lipinski definition) is 3. The highest BCUT2D eigenvalue weighted by Crippen LogP contribution is 2.35. The number of ether oxygens (including phenoxy) is 2. The van der Waals surface area contributed by atoms with Crippen molar-refractivity contribution in [2.24, 2.45) is 5.92 Å². The van der Waals surface area contributed by atoms with E-state index in [0.717, 1.165) is 31.2 Å². The maximum atomic E-state index is 10.9. The largest absolute Gasteiger partial charge is 0.482 e. The van der Waals surface area contributed by atoms with Crippen LogP contribution in [0.15, 0.2) is 78.9 Å². The van der Waals surface area contributed by atoms with Gasteiger partial charge in [-0.25, -0.2) is 4.79 Å². The summed E-state index contributed by atoms with van der Waals surface area (Å²) in [6.45, 7) is 1.87. The smallest absolute Gasteiger partial charge is 0.341 e. The number of carbonyl (C=O) groups is 1. The zero-order chi connectivity index (χ0) is 22.3. The van der Waals surface area contributed by atoms with Crippen LogP contribution in [0.5, 0.6) is 5.75 Å². The molecule has 0 aliphatic heterocycles. The molecule has 1 aliphatic carbocycles. The first kappa shape index (κ1) is 22.1. The van der Waals surface area contributed by atoms with Gasteiger partial charge in [-0.05, 0) is 66.8 Å². The zero-order valence-corrected chi connectivity index (χ0v) is 18.4. The lowest BCUT2D eigenvalue weighted by molar-refractivity contribution is -0.139. The van der Waals surface area contributed by atoms with Crippen molar-refractivity contribution < 1.29 is 19.4 Å². The molecule has 4 nitrogen and oxygen atoms in total. The predicted molar refractivity (Wildman–Crippen MR) is 125 cm³/mol. The molecule has 1 aliphatic rings. The molecule has 0 saturated heterocycles. The van der Waals surface area contributed by atoms with Crippen LogP contribution in [0.4, 0.5) is 0 Å². The molecule has 4 heteroatoms. The van der Waals surface area contributed by atoms with Crippen LogP contribution in [0.1, 0.15) is 48.1 Å². The fourth-order valence-electron chi connectivity index (χ4n) is 4.69. The normalized spacial score (nSPS) is 16.4. The average Bonchev–Trinajstić information content (AvgIpc) is 2.82. The third kappa shape index (κ3) is 5.57.